The summed E-state index contributed by atoms with van der Waals surface area (Å²) in [6, 6.07) is 1.82. The van der Waals surface area contributed by atoms with Crippen molar-refractivity contribution in [3.05, 3.63) is 20.3 Å². The molecule has 1 aliphatic rings. The molecule has 0 saturated heterocycles. The van der Waals surface area contributed by atoms with Crippen LogP contribution in [0.4, 0.5) is 13.2 Å². The first kappa shape index (κ1) is 13.3. The molecule has 1 atom stereocenters. The van der Waals surface area contributed by atoms with Gasteiger partial charge in [0.05, 0.1) is 9.83 Å². The minimum absolute atomic E-state index is 0.136. The van der Waals surface area contributed by atoms with E-state index in [4.69, 9.17) is 0 Å². The Bertz CT molecular complexity index is 393. The van der Waals surface area contributed by atoms with E-state index in [9.17, 15) is 13.2 Å². The molecule has 0 radical (unpaired) electrons. The normalized spacial score (nSPS) is 20.4. The van der Waals surface area contributed by atoms with Gasteiger partial charge in [0.25, 0.3) is 0 Å². The van der Waals surface area contributed by atoms with Crippen LogP contribution in [0, 0.1) is 0 Å². The first-order valence-electron chi connectivity index (χ1n) is 5.18. The summed E-state index contributed by atoms with van der Waals surface area (Å²) in [6.45, 7) is -1.26. The van der Waals surface area contributed by atoms with Crippen molar-refractivity contribution in [3.63, 3.8) is 0 Å². The monoisotopic (exact) mass is 329 g/mol. The second-order valence-corrected chi connectivity index (χ2v) is 6.41. The van der Waals surface area contributed by atoms with Crippen molar-refractivity contribution in [1.29, 1.82) is 0 Å². The van der Waals surface area contributed by atoms with Gasteiger partial charge in [-0.1, -0.05) is 0 Å². The Labute approximate surface area is 109 Å². The molecule has 0 aliphatic heterocycles. The molecule has 1 aliphatic carbocycles. The van der Waals surface area contributed by atoms with Gasteiger partial charge in [0.1, 0.15) is 0 Å². The number of hydrogen-bond acceptors (Lipinski definition) is 3. The van der Waals surface area contributed by atoms with E-state index in [1.807, 2.05) is 6.07 Å². The van der Waals surface area contributed by atoms with Crippen LogP contribution in [0.25, 0.3) is 0 Å². The summed E-state index contributed by atoms with van der Waals surface area (Å²) < 4.78 is 36.8. The van der Waals surface area contributed by atoms with Gasteiger partial charge in [-0.05, 0) is 46.8 Å². The maximum Gasteiger partial charge on any atom is 0.413 e. The zero-order valence-electron chi connectivity index (χ0n) is 8.81. The van der Waals surface area contributed by atoms with Crippen LogP contribution in [-0.4, -0.2) is 12.8 Å². The van der Waals surface area contributed by atoms with Crippen molar-refractivity contribution in [3.8, 4) is 0 Å². The SMILES string of the molecule is FC(F)(F)CONC1CCCc2sc(Br)cc21. The summed E-state index contributed by atoms with van der Waals surface area (Å²) in [6.07, 6.45) is -1.54. The Morgan fingerprint density at radius 1 is 1.53 bits per heavy atom. The first-order valence-corrected chi connectivity index (χ1v) is 6.79. The van der Waals surface area contributed by atoms with Crippen LogP contribution in [0.15, 0.2) is 9.85 Å². The average Bonchev–Trinajstić information content (AvgIpc) is 2.57. The lowest BCUT2D eigenvalue weighted by molar-refractivity contribution is -0.193. The number of thiophene rings is 1. The number of halogens is 4. The van der Waals surface area contributed by atoms with Gasteiger partial charge in [0, 0.05) is 4.88 Å². The molecule has 1 aromatic heterocycles. The van der Waals surface area contributed by atoms with Crippen LogP contribution >= 0.6 is 27.3 Å². The molecule has 1 aromatic rings. The Morgan fingerprint density at radius 2 is 2.29 bits per heavy atom. The van der Waals surface area contributed by atoms with Gasteiger partial charge >= 0.3 is 6.18 Å². The van der Waals surface area contributed by atoms with Gasteiger partial charge in [0.2, 0.25) is 0 Å². The molecule has 7 heteroatoms. The van der Waals surface area contributed by atoms with Crippen molar-refractivity contribution in [1.82, 2.24) is 5.48 Å². The van der Waals surface area contributed by atoms with Crippen LogP contribution in [0.2, 0.25) is 0 Å². The molecule has 0 fully saturated rings. The fraction of sp³-hybridized carbons (Fsp3) is 0.600. The molecule has 1 heterocycles. The zero-order chi connectivity index (χ0) is 12.5. The summed E-state index contributed by atoms with van der Waals surface area (Å²) in [4.78, 5) is 5.74. The molecule has 0 aromatic carbocycles. The molecule has 17 heavy (non-hydrogen) atoms. The average molecular weight is 330 g/mol. The van der Waals surface area contributed by atoms with E-state index in [0.29, 0.717) is 0 Å². The minimum Gasteiger partial charge on any atom is -0.292 e. The number of hydroxylamine groups is 1. The number of nitrogens with one attached hydrogen (secondary N) is 1. The lowest BCUT2D eigenvalue weighted by Gasteiger charge is -2.23. The fourth-order valence-corrected chi connectivity index (χ4v) is 3.69. The molecule has 96 valence electrons. The van der Waals surface area contributed by atoms with E-state index < -0.39 is 12.8 Å². The number of hydrogen-bond donors (Lipinski definition) is 1. The second kappa shape index (κ2) is 5.26. The predicted molar refractivity (Wildman–Crippen MR) is 62.8 cm³/mol. The third-order valence-electron chi connectivity index (χ3n) is 2.55. The van der Waals surface area contributed by atoms with Gasteiger partial charge in [-0.15, -0.1) is 11.3 Å². The molecular formula is C10H11BrF3NOS. The summed E-state index contributed by atoms with van der Waals surface area (Å²) >= 11 is 5.02. The summed E-state index contributed by atoms with van der Waals surface area (Å²) in [5.41, 5.74) is 3.56. The van der Waals surface area contributed by atoms with E-state index in [1.165, 1.54) is 4.88 Å². The van der Waals surface area contributed by atoms with Gasteiger partial charge in [-0.25, -0.2) is 0 Å². The number of alkyl halides is 3. The Balaban J connectivity index is 1.94. The quantitative estimate of drug-likeness (QED) is 0.847. The summed E-state index contributed by atoms with van der Waals surface area (Å²) in [5, 5.41) is 0. The van der Waals surface area contributed by atoms with Crippen molar-refractivity contribution in [2.45, 2.75) is 31.5 Å². The summed E-state index contributed by atoms with van der Waals surface area (Å²) in [7, 11) is 0. The highest BCUT2D eigenvalue weighted by atomic mass is 79.9. The molecule has 2 nitrogen and oxygen atoms in total. The number of fused-ring (bicyclic) bond motifs is 1. The molecule has 0 saturated carbocycles. The van der Waals surface area contributed by atoms with Gasteiger partial charge in [0.15, 0.2) is 6.61 Å². The molecule has 1 unspecified atom stereocenters. The Hall–Kier alpha value is -0.110. The Kier molecular flexibility index (Phi) is 4.12. The highest BCUT2D eigenvalue weighted by Crippen LogP contribution is 2.37. The highest BCUT2D eigenvalue weighted by molar-refractivity contribution is 9.11. The standard InChI is InChI=1S/C10H11BrF3NOS/c11-9-4-6-7(2-1-3-8(6)17-9)15-16-5-10(12,13)14/h4,7,15H,1-3,5H2. The molecule has 2 rings (SSSR count). The van der Waals surface area contributed by atoms with Crippen LogP contribution in [0.3, 0.4) is 0 Å². The van der Waals surface area contributed by atoms with Crippen LogP contribution < -0.4 is 5.48 Å². The third kappa shape index (κ3) is 3.67. The van der Waals surface area contributed by atoms with E-state index in [2.05, 4.69) is 26.2 Å². The van der Waals surface area contributed by atoms with Crippen LogP contribution in [-0.2, 0) is 11.3 Å². The zero-order valence-corrected chi connectivity index (χ0v) is 11.2. The number of rotatable bonds is 3. The molecule has 0 bridgehead atoms. The van der Waals surface area contributed by atoms with Crippen molar-refractivity contribution in [2.24, 2.45) is 0 Å². The van der Waals surface area contributed by atoms with Crippen molar-refractivity contribution >= 4 is 27.3 Å². The molecular weight excluding hydrogens is 319 g/mol. The topological polar surface area (TPSA) is 21.3 Å². The van der Waals surface area contributed by atoms with E-state index in [1.54, 1.807) is 11.3 Å². The van der Waals surface area contributed by atoms with Gasteiger partial charge in [-0.2, -0.15) is 18.7 Å². The van der Waals surface area contributed by atoms with Crippen molar-refractivity contribution < 1.29 is 18.0 Å². The largest absolute Gasteiger partial charge is 0.413 e. The lowest BCUT2D eigenvalue weighted by atomic mass is 9.95. The van der Waals surface area contributed by atoms with Gasteiger partial charge in [-0.3, -0.25) is 4.84 Å². The third-order valence-corrected chi connectivity index (χ3v) is 4.26. The van der Waals surface area contributed by atoms with E-state index in [0.717, 1.165) is 28.6 Å². The Morgan fingerprint density at radius 3 is 3.00 bits per heavy atom. The number of aryl methyl sites for hydroxylation is 1. The van der Waals surface area contributed by atoms with Gasteiger partial charge < -0.3 is 0 Å². The maximum atomic E-state index is 11.9. The van der Waals surface area contributed by atoms with E-state index >= 15 is 0 Å². The fourth-order valence-electron chi connectivity index (χ4n) is 1.87. The second-order valence-electron chi connectivity index (χ2n) is 3.90. The highest BCUT2D eigenvalue weighted by Gasteiger charge is 2.29. The molecule has 1 N–H and O–H groups in total. The lowest BCUT2D eigenvalue weighted by Crippen LogP contribution is -2.29. The molecule has 0 spiro atoms. The van der Waals surface area contributed by atoms with Crippen molar-refractivity contribution in [2.75, 3.05) is 6.61 Å². The van der Waals surface area contributed by atoms with Crippen LogP contribution in [0.1, 0.15) is 29.3 Å². The van der Waals surface area contributed by atoms with E-state index in [-0.39, 0.29) is 6.04 Å². The predicted octanol–water partition coefficient (Wildman–Crippen LogP) is 3.97. The first-order chi connectivity index (χ1) is 7.96. The smallest absolute Gasteiger partial charge is 0.292 e. The van der Waals surface area contributed by atoms with Crippen LogP contribution in [0.5, 0.6) is 0 Å². The molecule has 0 amide bonds. The maximum absolute atomic E-state index is 11.9. The summed E-state index contributed by atoms with van der Waals surface area (Å²) in [5.74, 6) is 0. The minimum atomic E-state index is -4.29.